The van der Waals surface area contributed by atoms with Crippen LogP contribution in [0, 0.1) is 0 Å². The van der Waals surface area contributed by atoms with Gasteiger partial charge in [-0.3, -0.25) is 4.57 Å². The second-order valence-corrected chi connectivity index (χ2v) is 4.75. The van der Waals surface area contributed by atoms with Crippen LogP contribution in [0.5, 0.6) is 5.75 Å². The molecule has 0 saturated heterocycles. The smallest absolute Gasteiger partial charge is 0.266 e. The van der Waals surface area contributed by atoms with Crippen molar-refractivity contribution in [3.05, 3.63) is 48.5 Å². The lowest BCUT2D eigenvalue weighted by molar-refractivity contribution is 0.513. The third kappa shape index (κ3) is 2.67. The van der Waals surface area contributed by atoms with E-state index >= 15 is 0 Å². The lowest BCUT2D eigenvalue weighted by atomic mass is 10.0. The van der Waals surface area contributed by atoms with Gasteiger partial charge in [0.05, 0.1) is 5.30 Å². The Kier molecular flexibility index (Phi) is 6.34. The van der Waals surface area contributed by atoms with Gasteiger partial charge in [-0.05, 0) is 17.7 Å². The predicted molar refractivity (Wildman–Crippen MR) is 74.1 cm³/mol. The summed E-state index contributed by atoms with van der Waals surface area (Å²) in [7, 11) is -2.11. The first-order chi connectivity index (χ1) is 7.36. The normalized spacial score (nSPS) is 14.6. The molecule has 2 aromatic carbocycles. The highest BCUT2D eigenvalue weighted by Crippen LogP contribution is 2.41. The summed E-state index contributed by atoms with van der Waals surface area (Å²) in [4.78, 5) is 0. The van der Waals surface area contributed by atoms with Gasteiger partial charge in [0.2, 0.25) is 0 Å². The van der Waals surface area contributed by atoms with Gasteiger partial charge in [0.25, 0.3) is 8.03 Å². The van der Waals surface area contributed by atoms with Crippen molar-refractivity contribution in [2.24, 2.45) is 0 Å². The zero-order valence-corrected chi connectivity index (χ0v) is 11.7. The molecule has 3 rings (SSSR count). The Hall–Kier alpha value is -1.08. The summed E-state index contributed by atoms with van der Waals surface area (Å²) >= 11 is 0. The van der Waals surface area contributed by atoms with E-state index in [2.05, 4.69) is 0 Å². The van der Waals surface area contributed by atoms with Gasteiger partial charge in [-0.1, -0.05) is 36.4 Å². The monoisotopic (exact) mass is 279 g/mol. The van der Waals surface area contributed by atoms with Crippen LogP contribution in [0.3, 0.4) is 0 Å². The van der Waals surface area contributed by atoms with E-state index < -0.39 is 8.03 Å². The molecule has 1 heterocycles. The molecule has 93 valence electrons. The molecule has 2 aromatic rings. The van der Waals surface area contributed by atoms with Crippen LogP contribution in [-0.4, -0.2) is 28.3 Å². The molecule has 0 saturated carbocycles. The van der Waals surface area contributed by atoms with Crippen molar-refractivity contribution in [3.63, 3.8) is 0 Å². The second-order valence-electron chi connectivity index (χ2n) is 3.43. The van der Waals surface area contributed by atoms with Crippen LogP contribution in [-0.2, 0) is 4.57 Å². The lowest BCUT2D eigenvalue weighted by Gasteiger charge is -2.19. The maximum atomic E-state index is 11.8. The fraction of sp³-hybridized carbons (Fsp3) is 0. The molecular weight excluding hydrogens is 266 g/mol. The number of benzene rings is 2. The molecule has 1 aliphatic rings. The Bertz CT molecular complexity index is 559. The number of hydrogen-bond acceptors (Lipinski definition) is 2. The third-order valence-corrected chi connectivity index (χ3v) is 3.81. The summed E-state index contributed by atoms with van der Waals surface area (Å²) < 4.78 is 17.2. The number of hydrogen-bond donors (Lipinski definition) is 0. The van der Waals surface area contributed by atoms with Crippen molar-refractivity contribution in [1.82, 2.24) is 0 Å². The van der Waals surface area contributed by atoms with Crippen LogP contribution in [0.15, 0.2) is 48.5 Å². The molecule has 0 amide bonds. The standard InChI is InChI=1S/C12H9O2P.Al.2H2O/c13-15-12-8-4-2-6-10(12)9-5-1-3-7-11(9)14-15;;;/h1-8,15H;;2*1H2. The van der Waals surface area contributed by atoms with Gasteiger partial charge < -0.3 is 15.5 Å². The highest BCUT2D eigenvalue weighted by Gasteiger charge is 2.20. The molecule has 18 heavy (non-hydrogen) atoms. The molecule has 0 aromatic heterocycles. The largest absolute Gasteiger partial charge is 0.441 e. The van der Waals surface area contributed by atoms with E-state index in [4.69, 9.17) is 4.52 Å². The maximum Gasteiger partial charge on any atom is 0.266 e. The van der Waals surface area contributed by atoms with Gasteiger partial charge in [0.15, 0.2) is 0 Å². The van der Waals surface area contributed by atoms with Crippen molar-refractivity contribution >= 4 is 30.7 Å². The molecule has 3 radical (unpaired) electrons. The van der Waals surface area contributed by atoms with Crippen LogP contribution >= 0.6 is 8.03 Å². The van der Waals surface area contributed by atoms with Crippen molar-refractivity contribution in [2.45, 2.75) is 0 Å². The molecule has 1 aliphatic heterocycles. The Morgan fingerprint density at radius 3 is 2.11 bits per heavy atom. The van der Waals surface area contributed by atoms with Crippen LogP contribution in [0.4, 0.5) is 0 Å². The summed E-state index contributed by atoms with van der Waals surface area (Å²) in [6.07, 6.45) is 0. The quantitative estimate of drug-likeness (QED) is 0.527. The first-order valence-electron chi connectivity index (χ1n) is 4.77. The molecule has 1 atom stereocenters. The van der Waals surface area contributed by atoms with Crippen LogP contribution in [0.25, 0.3) is 11.1 Å². The Morgan fingerprint density at radius 1 is 0.833 bits per heavy atom. The van der Waals surface area contributed by atoms with Crippen molar-refractivity contribution in [1.29, 1.82) is 0 Å². The third-order valence-electron chi connectivity index (χ3n) is 2.53. The van der Waals surface area contributed by atoms with E-state index in [-0.39, 0.29) is 28.3 Å². The Labute approximate surface area is 116 Å². The number of para-hydroxylation sites is 1. The average molecular weight is 279 g/mol. The molecule has 4 nitrogen and oxygen atoms in total. The topological polar surface area (TPSA) is 89.3 Å². The highest BCUT2D eigenvalue weighted by molar-refractivity contribution is 7.49. The number of fused-ring (bicyclic) bond motifs is 3. The summed E-state index contributed by atoms with van der Waals surface area (Å²) in [5.41, 5.74) is 2.06. The zero-order chi connectivity index (χ0) is 10.3. The summed E-state index contributed by atoms with van der Waals surface area (Å²) in [6, 6.07) is 15.4. The molecule has 6 heteroatoms. The van der Waals surface area contributed by atoms with Crippen LogP contribution in [0.1, 0.15) is 0 Å². The van der Waals surface area contributed by atoms with Gasteiger partial charge in [-0.25, -0.2) is 0 Å². The first kappa shape index (κ1) is 16.9. The first-order valence-corrected chi connectivity index (χ1v) is 6.08. The van der Waals surface area contributed by atoms with Gasteiger partial charge in [0, 0.05) is 22.9 Å². The van der Waals surface area contributed by atoms with E-state index in [1.54, 1.807) is 0 Å². The van der Waals surface area contributed by atoms with Crippen molar-refractivity contribution < 1.29 is 20.0 Å². The molecule has 4 N–H and O–H groups in total. The van der Waals surface area contributed by atoms with Crippen molar-refractivity contribution in [2.75, 3.05) is 0 Å². The second kappa shape index (κ2) is 6.75. The van der Waals surface area contributed by atoms with E-state index in [0.29, 0.717) is 0 Å². The highest BCUT2D eigenvalue weighted by atomic mass is 31.1. The minimum atomic E-state index is -2.11. The van der Waals surface area contributed by atoms with Gasteiger partial charge in [-0.15, -0.1) is 0 Å². The molecule has 0 fully saturated rings. The van der Waals surface area contributed by atoms with E-state index in [9.17, 15) is 4.57 Å². The number of rotatable bonds is 0. The fourth-order valence-corrected chi connectivity index (χ4v) is 2.99. The van der Waals surface area contributed by atoms with Crippen molar-refractivity contribution in [3.8, 4) is 16.9 Å². The molecular formula is C12H13AlO4P. The van der Waals surface area contributed by atoms with Crippen LogP contribution in [0.2, 0.25) is 0 Å². The minimum absolute atomic E-state index is 0. The Balaban J connectivity index is 0.000000963. The van der Waals surface area contributed by atoms with Crippen LogP contribution < -0.4 is 9.83 Å². The van der Waals surface area contributed by atoms with Gasteiger partial charge in [0.1, 0.15) is 5.75 Å². The SMILES string of the molecule is O.O.O=[PH]1Oc2ccccc2-c2ccccc21.[Al]. The summed E-state index contributed by atoms with van der Waals surface area (Å²) in [5.74, 6) is 0.722. The van der Waals surface area contributed by atoms with Gasteiger partial charge in [-0.2, -0.15) is 0 Å². The maximum absolute atomic E-state index is 11.8. The Morgan fingerprint density at radius 2 is 1.39 bits per heavy atom. The molecule has 0 aliphatic carbocycles. The molecule has 0 bridgehead atoms. The molecule has 1 unspecified atom stereocenters. The fourth-order valence-electron chi connectivity index (χ4n) is 1.83. The lowest BCUT2D eigenvalue weighted by Crippen LogP contribution is -2.09. The summed E-state index contributed by atoms with van der Waals surface area (Å²) in [5, 5.41) is 0.821. The minimum Gasteiger partial charge on any atom is -0.441 e. The average Bonchev–Trinajstić information content (AvgIpc) is 2.30. The van der Waals surface area contributed by atoms with E-state index in [1.165, 1.54) is 0 Å². The van der Waals surface area contributed by atoms with E-state index in [1.807, 2.05) is 48.5 Å². The van der Waals surface area contributed by atoms with E-state index in [0.717, 1.165) is 22.2 Å². The predicted octanol–water partition coefficient (Wildman–Crippen LogP) is 0.816. The zero-order valence-electron chi connectivity index (χ0n) is 9.51. The molecule has 0 spiro atoms. The van der Waals surface area contributed by atoms with Gasteiger partial charge >= 0.3 is 0 Å². The summed E-state index contributed by atoms with van der Waals surface area (Å²) in [6.45, 7) is 0.